The van der Waals surface area contributed by atoms with Gasteiger partial charge in [-0.3, -0.25) is 9.69 Å². The van der Waals surface area contributed by atoms with Gasteiger partial charge in [0.25, 0.3) is 5.91 Å². The molecule has 1 aromatic heterocycles. The summed E-state index contributed by atoms with van der Waals surface area (Å²) in [6.07, 6.45) is -1.21. The summed E-state index contributed by atoms with van der Waals surface area (Å²) >= 11 is 5.50. The molecule has 1 saturated carbocycles. The van der Waals surface area contributed by atoms with Gasteiger partial charge < -0.3 is 14.4 Å². The molecule has 2 fully saturated rings. The van der Waals surface area contributed by atoms with E-state index in [1.54, 1.807) is 7.11 Å². The summed E-state index contributed by atoms with van der Waals surface area (Å²) in [5.41, 5.74) is -3.79. The van der Waals surface area contributed by atoms with Crippen molar-refractivity contribution in [3.63, 3.8) is 0 Å². The maximum atomic E-state index is 14.9. The fraction of sp³-hybridized carbons (Fsp3) is 0.417. The molecule has 0 bridgehead atoms. The number of ether oxygens (including phenoxy) is 2. The van der Waals surface area contributed by atoms with Crippen molar-refractivity contribution in [3.8, 4) is 11.8 Å². The van der Waals surface area contributed by atoms with E-state index in [4.69, 9.17) is 21.7 Å². The van der Waals surface area contributed by atoms with E-state index < -0.39 is 40.4 Å². The van der Waals surface area contributed by atoms with E-state index in [9.17, 15) is 27.6 Å². The second kappa shape index (κ2) is 9.99. The Kier molecular flexibility index (Phi) is 7.15. The Morgan fingerprint density at radius 3 is 2.53 bits per heavy atom. The van der Waals surface area contributed by atoms with Crippen LogP contribution in [0.3, 0.4) is 0 Å². The second-order valence-corrected chi connectivity index (χ2v) is 8.84. The number of amides is 1. The van der Waals surface area contributed by atoms with Crippen LogP contribution in [0, 0.1) is 17.1 Å². The maximum Gasteiger partial charge on any atom is 0.421 e. The summed E-state index contributed by atoms with van der Waals surface area (Å²) in [4.78, 5) is 19.3. The van der Waals surface area contributed by atoms with Gasteiger partial charge in [-0.25, -0.2) is 9.37 Å². The van der Waals surface area contributed by atoms with E-state index in [1.807, 2.05) is 0 Å². The quantitative estimate of drug-likeness (QED) is 0.275. The Bertz CT molecular complexity index is 1230. The van der Waals surface area contributed by atoms with Crippen LogP contribution in [-0.4, -0.2) is 41.9 Å². The van der Waals surface area contributed by atoms with Crippen LogP contribution in [0.2, 0.25) is 0 Å². The van der Waals surface area contributed by atoms with Crippen LogP contribution in [0.5, 0.6) is 5.75 Å². The Morgan fingerprint density at radius 2 is 1.94 bits per heavy atom. The van der Waals surface area contributed by atoms with Gasteiger partial charge in [0.05, 0.1) is 12.3 Å². The van der Waals surface area contributed by atoms with Gasteiger partial charge in [-0.2, -0.15) is 18.4 Å². The molecule has 0 radical (unpaired) electrons. The molecular formula is C24H22F4N4O3S. The first-order chi connectivity index (χ1) is 17.2. The highest BCUT2D eigenvalue weighted by molar-refractivity contribution is 7.81. The SMILES string of the molecule is COCCCCOc1ccc(N2C(=S)N(c3ccnc(C#N)c3C(F)(F)F)C(=O)C23CCC3)cc1F. The third-order valence-electron chi connectivity index (χ3n) is 6.33. The van der Waals surface area contributed by atoms with Crippen molar-refractivity contribution in [1.29, 1.82) is 5.26 Å². The fourth-order valence-corrected chi connectivity index (χ4v) is 4.93. The highest BCUT2D eigenvalue weighted by atomic mass is 32.1. The molecule has 190 valence electrons. The number of benzene rings is 1. The monoisotopic (exact) mass is 522 g/mol. The average Bonchev–Trinajstić information content (AvgIpc) is 3.05. The Morgan fingerprint density at radius 1 is 1.22 bits per heavy atom. The van der Waals surface area contributed by atoms with E-state index in [0.717, 1.165) is 29.7 Å². The molecule has 1 aromatic carbocycles. The number of unbranched alkanes of at least 4 members (excludes halogenated alkanes) is 1. The Balaban J connectivity index is 1.69. The standard InChI is InChI=1S/C24H22F4N4O3S/c1-34-11-2-3-12-35-19-6-5-15(13-16(19)25)32-22(36)31(21(33)23(32)8-4-9-23)18-7-10-30-17(14-29)20(18)24(26,27)28/h5-7,10,13H,2-4,8-9,11-12H2,1H3. The molecule has 1 aliphatic heterocycles. The van der Waals surface area contributed by atoms with Gasteiger partial charge in [-0.05, 0) is 62.5 Å². The third kappa shape index (κ3) is 4.37. The van der Waals surface area contributed by atoms with Crippen molar-refractivity contribution < 1.29 is 31.8 Å². The lowest BCUT2D eigenvalue weighted by Gasteiger charge is -2.43. The third-order valence-corrected chi connectivity index (χ3v) is 6.69. The molecule has 0 N–H and O–H groups in total. The highest BCUT2D eigenvalue weighted by Gasteiger charge is 2.60. The maximum absolute atomic E-state index is 14.9. The second-order valence-electron chi connectivity index (χ2n) is 8.47. The number of thiocarbonyl (C=S) groups is 1. The van der Waals surface area contributed by atoms with Crippen LogP contribution in [0.1, 0.15) is 43.4 Å². The summed E-state index contributed by atoms with van der Waals surface area (Å²) in [7, 11) is 1.59. The fourth-order valence-electron chi connectivity index (χ4n) is 4.47. The normalized spacial score (nSPS) is 16.9. The van der Waals surface area contributed by atoms with E-state index in [2.05, 4.69) is 4.98 Å². The summed E-state index contributed by atoms with van der Waals surface area (Å²) < 4.78 is 67.1. The molecule has 0 atom stereocenters. The lowest BCUT2D eigenvalue weighted by Crippen LogP contribution is -2.55. The zero-order valence-electron chi connectivity index (χ0n) is 19.3. The summed E-state index contributed by atoms with van der Waals surface area (Å²) in [6.45, 7) is 0.842. The minimum absolute atomic E-state index is 0.0132. The first-order valence-corrected chi connectivity index (χ1v) is 11.6. The molecule has 1 saturated heterocycles. The molecule has 1 spiro atoms. The molecule has 2 aromatic rings. The molecule has 2 heterocycles. The van der Waals surface area contributed by atoms with Crippen LogP contribution < -0.4 is 14.5 Å². The summed E-state index contributed by atoms with van der Waals surface area (Å²) in [5.74, 6) is -1.33. The number of aromatic nitrogens is 1. The number of carbonyl (C=O) groups is 1. The van der Waals surface area contributed by atoms with Crippen LogP contribution in [0.25, 0.3) is 0 Å². The van der Waals surface area contributed by atoms with Crippen molar-refractivity contribution in [2.75, 3.05) is 30.1 Å². The van der Waals surface area contributed by atoms with Gasteiger partial charge in [0.15, 0.2) is 22.4 Å². The number of methoxy groups -OCH3 is 1. The molecule has 2 aliphatic rings. The average molecular weight is 523 g/mol. The van der Waals surface area contributed by atoms with E-state index in [-0.39, 0.29) is 23.2 Å². The molecule has 1 amide bonds. The predicted molar refractivity (Wildman–Crippen MR) is 126 cm³/mol. The molecule has 0 unspecified atom stereocenters. The molecule has 36 heavy (non-hydrogen) atoms. The number of carbonyl (C=O) groups excluding carboxylic acids is 1. The van der Waals surface area contributed by atoms with Gasteiger partial charge in [-0.1, -0.05) is 0 Å². The lowest BCUT2D eigenvalue weighted by molar-refractivity contribution is -0.137. The number of rotatable bonds is 8. The molecule has 7 nitrogen and oxygen atoms in total. The van der Waals surface area contributed by atoms with Crippen LogP contribution in [0.15, 0.2) is 30.5 Å². The topological polar surface area (TPSA) is 78.7 Å². The number of hydrogen-bond acceptors (Lipinski definition) is 6. The highest BCUT2D eigenvalue weighted by Crippen LogP contribution is 2.50. The first-order valence-electron chi connectivity index (χ1n) is 11.2. The number of anilines is 2. The van der Waals surface area contributed by atoms with Gasteiger partial charge in [0.2, 0.25) is 0 Å². The van der Waals surface area contributed by atoms with Gasteiger partial charge >= 0.3 is 6.18 Å². The van der Waals surface area contributed by atoms with Gasteiger partial charge in [0, 0.05) is 31.7 Å². The van der Waals surface area contributed by atoms with Crippen LogP contribution >= 0.6 is 12.2 Å². The minimum atomic E-state index is -4.96. The molecule has 12 heteroatoms. The number of halogens is 4. The number of alkyl halides is 3. The lowest BCUT2D eigenvalue weighted by atomic mass is 9.75. The number of hydrogen-bond donors (Lipinski definition) is 0. The summed E-state index contributed by atoms with van der Waals surface area (Å²) in [6, 6.07) is 6.53. The zero-order valence-corrected chi connectivity index (χ0v) is 20.1. The van der Waals surface area contributed by atoms with Crippen LogP contribution in [-0.2, 0) is 15.7 Å². The molecular weight excluding hydrogens is 500 g/mol. The minimum Gasteiger partial charge on any atom is -0.491 e. The number of pyridine rings is 1. The Labute approximate surface area is 210 Å². The number of nitrogens with zero attached hydrogens (tertiary/aromatic N) is 4. The predicted octanol–water partition coefficient (Wildman–Crippen LogP) is 4.98. The smallest absolute Gasteiger partial charge is 0.421 e. The van der Waals surface area contributed by atoms with E-state index >= 15 is 0 Å². The molecule has 4 rings (SSSR count). The van der Waals surface area contributed by atoms with Crippen molar-refractivity contribution in [3.05, 3.63) is 47.5 Å². The van der Waals surface area contributed by atoms with E-state index in [0.29, 0.717) is 32.3 Å². The van der Waals surface area contributed by atoms with E-state index in [1.165, 1.54) is 23.1 Å². The van der Waals surface area contributed by atoms with Crippen LogP contribution in [0.4, 0.5) is 28.9 Å². The van der Waals surface area contributed by atoms with Crippen molar-refractivity contribution in [2.45, 2.75) is 43.8 Å². The Hall–Kier alpha value is -3.30. The number of nitriles is 1. The van der Waals surface area contributed by atoms with Gasteiger partial charge in [-0.15, -0.1) is 0 Å². The first kappa shape index (κ1) is 25.8. The largest absolute Gasteiger partial charge is 0.491 e. The van der Waals surface area contributed by atoms with Crippen molar-refractivity contribution in [1.82, 2.24) is 4.98 Å². The van der Waals surface area contributed by atoms with Gasteiger partial charge in [0.1, 0.15) is 17.2 Å². The molecule has 1 aliphatic carbocycles. The zero-order chi connectivity index (χ0) is 26.1. The van der Waals surface area contributed by atoms with Crippen molar-refractivity contribution >= 4 is 34.6 Å². The van der Waals surface area contributed by atoms with Crippen molar-refractivity contribution in [2.24, 2.45) is 0 Å². The summed E-state index contributed by atoms with van der Waals surface area (Å²) in [5, 5.41) is 8.98.